The van der Waals surface area contributed by atoms with E-state index in [-0.39, 0.29) is 11.3 Å². The van der Waals surface area contributed by atoms with Crippen molar-refractivity contribution < 1.29 is 4.79 Å². The van der Waals surface area contributed by atoms with Crippen molar-refractivity contribution in [2.75, 3.05) is 4.90 Å². The summed E-state index contributed by atoms with van der Waals surface area (Å²) in [5, 5.41) is 9.04. The Hall–Kier alpha value is -3.73. The SMILES string of the molecule is Cc1cccc(N2C(=O)C(Cc3ccccc3)n3c(-c4ccc(C(C)(C)C)cc4)nnc32)c1. The lowest BCUT2D eigenvalue weighted by atomic mass is 9.86. The Kier molecular flexibility index (Phi) is 5.12. The number of rotatable bonds is 4. The molecule has 0 saturated carbocycles. The van der Waals surface area contributed by atoms with Crippen LogP contribution in [0.4, 0.5) is 11.6 Å². The van der Waals surface area contributed by atoms with Crippen LogP contribution >= 0.6 is 0 Å². The van der Waals surface area contributed by atoms with Crippen LogP contribution in [0.5, 0.6) is 0 Å². The third kappa shape index (κ3) is 3.84. The molecule has 0 spiro atoms. The zero-order chi connectivity index (χ0) is 23.2. The van der Waals surface area contributed by atoms with Crippen LogP contribution in [0.2, 0.25) is 0 Å². The largest absolute Gasteiger partial charge is 0.280 e. The van der Waals surface area contributed by atoms with Gasteiger partial charge in [0.15, 0.2) is 5.82 Å². The van der Waals surface area contributed by atoms with Gasteiger partial charge in [-0.1, -0.05) is 87.5 Å². The lowest BCUT2D eigenvalue weighted by Gasteiger charge is -2.19. The molecule has 5 nitrogen and oxygen atoms in total. The van der Waals surface area contributed by atoms with Crippen LogP contribution < -0.4 is 4.90 Å². The Bertz CT molecular complexity index is 1300. The monoisotopic (exact) mass is 436 g/mol. The Morgan fingerprint density at radius 3 is 2.27 bits per heavy atom. The number of nitrogens with zero attached hydrogens (tertiary/aromatic N) is 4. The molecule has 0 saturated heterocycles. The molecule has 166 valence electrons. The van der Waals surface area contributed by atoms with Gasteiger partial charge in [0.25, 0.3) is 5.91 Å². The van der Waals surface area contributed by atoms with E-state index >= 15 is 0 Å². The highest BCUT2D eigenvalue weighted by Crippen LogP contribution is 2.40. The van der Waals surface area contributed by atoms with Gasteiger partial charge in [0, 0.05) is 12.0 Å². The van der Waals surface area contributed by atoms with Crippen LogP contribution in [-0.4, -0.2) is 20.7 Å². The molecule has 1 atom stereocenters. The molecule has 1 unspecified atom stereocenters. The maximum absolute atomic E-state index is 13.7. The second-order valence-corrected chi connectivity index (χ2v) is 9.74. The first-order valence-electron chi connectivity index (χ1n) is 11.3. The van der Waals surface area contributed by atoms with Crippen LogP contribution in [0.25, 0.3) is 11.4 Å². The minimum atomic E-state index is -0.407. The Morgan fingerprint density at radius 2 is 1.61 bits per heavy atom. The van der Waals surface area contributed by atoms with E-state index in [2.05, 4.69) is 67.4 Å². The van der Waals surface area contributed by atoms with Crippen molar-refractivity contribution in [3.8, 4) is 11.4 Å². The highest BCUT2D eigenvalue weighted by atomic mass is 16.2. The third-order valence-corrected chi connectivity index (χ3v) is 6.24. The van der Waals surface area contributed by atoms with Crippen molar-refractivity contribution in [1.82, 2.24) is 14.8 Å². The number of carbonyl (C=O) groups excluding carboxylic acids is 1. The summed E-state index contributed by atoms with van der Waals surface area (Å²) in [5.41, 5.74) is 5.30. The van der Waals surface area contributed by atoms with E-state index in [1.165, 1.54) is 5.56 Å². The topological polar surface area (TPSA) is 51.0 Å². The van der Waals surface area contributed by atoms with Gasteiger partial charge < -0.3 is 0 Å². The second-order valence-electron chi connectivity index (χ2n) is 9.74. The molecule has 1 aliphatic heterocycles. The molecule has 5 heteroatoms. The lowest BCUT2D eigenvalue weighted by molar-refractivity contribution is -0.119. The van der Waals surface area contributed by atoms with Gasteiger partial charge in [0.05, 0.1) is 5.69 Å². The minimum absolute atomic E-state index is 0.0157. The normalized spacial score (nSPS) is 15.7. The number of benzene rings is 3. The summed E-state index contributed by atoms with van der Waals surface area (Å²) in [7, 11) is 0. The van der Waals surface area contributed by atoms with Crippen LogP contribution in [-0.2, 0) is 16.6 Å². The Balaban J connectivity index is 1.62. The number of carbonyl (C=O) groups is 1. The molecule has 1 aliphatic rings. The van der Waals surface area contributed by atoms with Gasteiger partial charge >= 0.3 is 0 Å². The van der Waals surface area contributed by atoms with Crippen molar-refractivity contribution in [3.05, 3.63) is 95.6 Å². The van der Waals surface area contributed by atoms with Crippen molar-refractivity contribution in [2.24, 2.45) is 0 Å². The second kappa shape index (κ2) is 8.00. The van der Waals surface area contributed by atoms with Crippen LogP contribution in [0.3, 0.4) is 0 Å². The fourth-order valence-corrected chi connectivity index (χ4v) is 4.42. The van der Waals surface area contributed by atoms with Gasteiger partial charge in [-0.3, -0.25) is 9.36 Å². The average Bonchev–Trinajstić information content (AvgIpc) is 3.32. The smallest absolute Gasteiger partial charge is 0.257 e. The van der Waals surface area contributed by atoms with E-state index in [4.69, 9.17) is 0 Å². The van der Waals surface area contributed by atoms with Crippen molar-refractivity contribution >= 4 is 17.5 Å². The molecule has 0 aliphatic carbocycles. The molecule has 0 radical (unpaired) electrons. The van der Waals surface area contributed by atoms with Gasteiger partial charge in [-0.2, -0.15) is 0 Å². The number of fused-ring (bicyclic) bond motifs is 1. The third-order valence-electron chi connectivity index (χ3n) is 6.24. The number of amides is 1. The Morgan fingerprint density at radius 1 is 0.879 bits per heavy atom. The molecule has 0 fully saturated rings. The van der Waals surface area contributed by atoms with Crippen molar-refractivity contribution in [2.45, 2.75) is 45.6 Å². The highest BCUT2D eigenvalue weighted by Gasteiger charge is 2.42. The van der Waals surface area contributed by atoms with E-state index < -0.39 is 6.04 Å². The number of aryl methyl sites for hydroxylation is 1. The fraction of sp³-hybridized carbons (Fsp3) is 0.250. The number of anilines is 2. The van der Waals surface area contributed by atoms with E-state index in [1.807, 2.05) is 54.0 Å². The lowest BCUT2D eigenvalue weighted by Crippen LogP contribution is -2.26. The predicted molar refractivity (Wildman–Crippen MR) is 132 cm³/mol. The summed E-state index contributed by atoms with van der Waals surface area (Å²) < 4.78 is 2.00. The van der Waals surface area contributed by atoms with Gasteiger partial charge in [0.1, 0.15) is 6.04 Å². The fourth-order valence-electron chi connectivity index (χ4n) is 4.42. The minimum Gasteiger partial charge on any atom is -0.280 e. The van der Waals surface area contributed by atoms with E-state index in [0.29, 0.717) is 12.4 Å². The van der Waals surface area contributed by atoms with Crippen molar-refractivity contribution in [3.63, 3.8) is 0 Å². The average molecular weight is 437 g/mol. The van der Waals surface area contributed by atoms with Gasteiger partial charge in [-0.05, 0) is 41.2 Å². The standard InChI is InChI=1S/C28H28N4O/c1-19-9-8-12-23(17-19)31-26(33)24(18-20-10-6-5-7-11-20)32-25(29-30-27(31)32)21-13-15-22(16-14-21)28(2,3)4/h5-17,24H,18H2,1-4H3. The summed E-state index contributed by atoms with van der Waals surface area (Å²) in [5.74, 6) is 1.30. The van der Waals surface area contributed by atoms with E-state index in [1.54, 1.807) is 4.90 Å². The predicted octanol–water partition coefficient (Wildman–Crippen LogP) is 6.01. The summed E-state index contributed by atoms with van der Waals surface area (Å²) in [4.78, 5) is 15.5. The van der Waals surface area contributed by atoms with Gasteiger partial charge in [-0.15, -0.1) is 10.2 Å². The number of hydrogen-bond acceptors (Lipinski definition) is 3. The van der Waals surface area contributed by atoms with E-state index in [9.17, 15) is 4.79 Å². The molecule has 3 aromatic carbocycles. The molecular weight excluding hydrogens is 408 g/mol. The van der Waals surface area contributed by atoms with Crippen LogP contribution in [0, 0.1) is 6.92 Å². The summed E-state index contributed by atoms with van der Waals surface area (Å²) in [6.45, 7) is 8.62. The van der Waals surface area contributed by atoms with Crippen LogP contribution in [0.1, 0.15) is 43.5 Å². The van der Waals surface area contributed by atoms with Crippen LogP contribution in [0.15, 0.2) is 78.9 Å². The first-order chi connectivity index (χ1) is 15.8. The molecule has 1 amide bonds. The number of aromatic nitrogens is 3. The number of hydrogen-bond donors (Lipinski definition) is 0. The quantitative estimate of drug-likeness (QED) is 0.393. The highest BCUT2D eigenvalue weighted by molar-refractivity contribution is 6.05. The molecule has 4 aromatic rings. The summed E-state index contributed by atoms with van der Waals surface area (Å²) >= 11 is 0. The summed E-state index contributed by atoms with van der Waals surface area (Å²) in [6, 6.07) is 26.1. The molecule has 0 N–H and O–H groups in total. The first-order valence-corrected chi connectivity index (χ1v) is 11.3. The molecule has 1 aromatic heterocycles. The van der Waals surface area contributed by atoms with Gasteiger partial charge in [0.2, 0.25) is 5.95 Å². The zero-order valence-electron chi connectivity index (χ0n) is 19.5. The van der Waals surface area contributed by atoms with E-state index in [0.717, 1.165) is 28.2 Å². The zero-order valence-corrected chi connectivity index (χ0v) is 19.5. The molecule has 33 heavy (non-hydrogen) atoms. The molecule has 5 rings (SSSR count). The maximum atomic E-state index is 13.7. The molecule has 0 bridgehead atoms. The first kappa shape index (κ1) is 21.1. The molecular formula is C28H28N4O. The Labute approximate surface area is 194 Å². The summed E-state index contributed by atoms with van der Waals surface area (Å²) in [6.07, 6.45) is 0.583. The maximum Gasteiger partial charge on any atom is 0.257 e. The van der Waals surface area contributed by atoms with Gasteiger partial charge in [-0.25, -0.2) is 4.90 Å². The molecule has 2 heterocycles. The van der Waals surface area contributed by atoms with Crippen molar-refractivity contribution in [1.29, 1.82) is 0 Å².